The fourth-order valence-corrected chi connectivity index (χ4v) is 3.52. The standard InChI is InChI=1S/C17H28O7/c1-9(6-14(20)21)7-17(16(22)12(19)4-5-23-17)8-13-15(24-13)10(2)11(3)18/h6,10-13,15-16,18-19,22H,4-5,7-8H2,1-3H3,(H,20,21)/t10-,11-,12?,13-,15-,16?,17?/m0/s1. The lowest BCUT2D eigenvalue weighted by Gasteiger charge is -2.44. The summed E-state index contributed by atoms with van der Waals surface area (Å²) in [5.74, 6) is -1.11. The number of carbonyl (C=O) groups is 1. The lowest BCUT2D eigenvalue weighted by Crippen LogP contribution is -2.56. The molecule has 0 aliphatic carbocycles. The molecule has 0 aromatic rings. The van der Waals surface area contributed by atoms with E-state index in [0.717, 1.165) is 6.08 Å². The van der Waals surface area contributed by atoms with Gasteiger partial charge in [0, 0.05) is 24.8 Å². The fourth-order valence-electron chi connectivity index (χ4n) is 3.52. The van der Waals surface area contributed by atoms with Crippen LogP contribution in [0.25, 0.3) is 0 Å². The van der Waals surface area contributed by atoms with Crippen LogP contribution in [0.2, 0.25) is 0 Å². The number of rotatable bonds is 7. The highest BCUT2D eigenvalue weighted by Crippen LogP contribution is 2.43. The van der Waals surface area contributed by atoms with Gasteiger partial charge in [-0.3, -0.25) is 0 Å². The Morgan fingerprint density at radius 2 is 2.04 bits per heavy atom. The van der Waals surface area contributed by atoms with Gasteiger partial charge in [-0.1, -0.05) is 12.5 Å². The average molecular weight is 344 g/mol. The lowest BCUT2D eigenvalue weighted by molar-refractivity contribution is -0.201. The summed E-state index contributed by atoms with van der Waals surface area (Å²) in [6, 6.07) is 0. The van der Waals surface area contributed by atoms with Gasteiger partial charge in [0.15, 0.2) is 0 Å². The maximum absolute atomic E-state index is 10.9. The van der Waals surface area contributed by atoms with E-state index >= 15 is 0 Å². The number of hydrogen-bond acceptors (Lipinski definition) is 6. The molecule has 7 heteroatoms. The molecule has 2 fully saturated rings. The summed E-state index contributed by atoms with van der Waals surface area (Å²) in [5.41, 5.74) is -0.526. The van der Waals surface area contributed by atoms with Crippen molar-refractivity contribution in [1.29, 1.82) is 0 Å². The van der Waals surface area contributed by atoms with Gasteiger partial charge in [0.1, 0.15) is 11.7 Å². The zero-order valence-corrected chi connectivity index (χ0v) is 14.4. The van der Waals surface area contributed by atoms with E-state index in [1.165, 1.54) is 0 Å². The first kappa shape index (κ1) is 19.3. The minimum Gasteiger partial charge on any atom is -0.478 e. The van der Waals surface area contributed by atoms with Gasteiger partial charge >= 0.3 is 5.97 Å². The van der Waals surface area contributed by atoms with Crippen molar-refractivity contribution in [3.63, 3.8) is 0 Å². The van der Waals surface area contributed by atoms with Gasteiger partial charge < -0.3 is 29.9 Å². The Balaban J connectivity index is 2.14. The predicted molar refractivity (Wildman–Crippen MR) is 85.4 cm³/mol. The summed E-state index contributed by atoms with van der Waals surface area (Å²) in [6.45, 7) is 5.55. The SMILES string of the molecule is CC(=CC(=O)O)CC1(C[C@@H]2O[C@H]2[C@@H](C)[C@H](C)O)OCCC(O)C1O. The predicted octanol–water partition coefficient (Wildman–Crippen LogP) is 0.463. The third-order valence-electron chi connectivity index (χ3n) is 5.10. The Bertz CT molecular complexity index is 489. The minimum atomic E-state index is -1.12. The highest BCUT2D eigenvalue weighted by atomic mass is 16.6. The van der Waals surface area contributed by atoms with E-state index in [9.17, 15) is 20.1 Å². The van der Waals surface area contributed by atoms with E-state index in [2.05, 4.69) is 0 Å². The number of epoxide rings is 1. The molecule has 2 rings (SSSR count). The van der Waals surface area contributed by atoms with E-state index in [0.29, 0.717) is 25.0 Å². The summed E-state index contributed by atoms with van der Waals surface area (Å²) in [6.07, 6.45) is -0.880. The topological polar surface area (TPSA) is 120 Å². The molecule has 0 radical (unpaired) electrons. The summed E-state index contributed by atoms with van der Waals surface area (Å²) < 4.78 is 11.5. The van der Waals surface area contributed by atoms with Gasteiger partial charge in [-0.25, -0.2) is 4.79 Å². The zero-order valence-electron chi connectivity index (χ0n) is 14.4. The van der Waals surface area contributed by atoms with Crippen LogP contribution in [0.5, 0.6) is 0 Å². The summed E-state index contributed by atoms with van der Waals surface area (Å²) >= 11 is 0. The maximum atomic E-state index is 10.9. The van der Waals surface area contributed by atoms with Crippen molar-refractivity contribution in [3.8, 4) is 0 Å². The molecule has 4 N–H and O–H groups in total. The molecule has 0 aromatic carbocycles. The number of hydrogen-bond donors (Lipinski definition) is 4. The summed E-state index contributed by atoms with van der Waals surface area (Å²) in [5, 5.41) is 39.2. The quantitative estimate of drug-likeness (QED) is 0.391. The first-order valence-corrected chi connectivity index (χ1v) is 8.40. The molecular weight excluding hydrogens is 316 g/mol. The second-order valence-electron chi connectivity index (χ2n) is 7.16. The molecule has 7 atom stereocenters. The van der Waals surface area contributed by atoms with Crippen molar-refractivity contribution >= 4 is 5.97 Å². The van der Waals surface area contributed by atoms with Crippen LogP contribution in [-0.4, -0.2) is 69.1 Å². The lowest BCUT2D eigenvalue weighted by atomic mass is 9.79. The highest BCUT2D eigenvalue weighted by Gasteiger charge is 2.54. The molecule has 2 saturated heterocycles. The number of carboxylic acid groups (broad SMARTS) is 1. The molecule has 0 amide bonds. The van der Waals surface area contributed by atoms with Crippen LogP contribution in [0.3, 0.4) is 0 Å². The summed E-state index contributed by atoms with van der Waals surface area (Å²) in [7, 11) is 0. The van der Waals surface area contributed by atoms with Gasteiger partial charge in [-0.2, -0.15) is 0 Å². The van der Waals surface area contributed by atoms with E-state index in [1.54, 1.807) is 13.8 Å². The third-order valence-corrected chi connectivity index (χ3v) is 5.10. The van der Waals surface area contributed by atoms with Crippen LogP contribution in [0, 0.1) is 5.92 Å². The van der Waals surface area contributed by atoms with Crippen LogP contribution in [0.15, 0.2) is 11.6 Å². The van der Waals surface area contributed by atoms with Gasteiger partial charge in [-0.15, -0.1) is 0 Å². The average Bonchev–Trinajstić information content (AvgIpc) is 3.21. The molecule has 24 heavy (non-hydrogen) atoms. The second kappa shape index (κ2) is 7.49. The van der Waals surface area contributed by atoms with E-state index < -0.39 is 29.9 Å². The third kappa shape index (κ3) is 4.34. The van der Waals surface area contributed by atoms with Gasteiger partial charge in [0.05, 0.1) is 31.0 Å². The van der Waals surface area contributed by atoms with Crippen molar-refractivity contribution in [2.45, 2.75) is 76.2 Å². The van der Waals surface area contributed by atoms with Gasteiger partial charge in [-0.05, 0) is 20.3 Å². The Morgan fingerprint density at radius 1 is 1.38 bits per heavy atom. The van der Waals surface area contributed by atoms with E-state index in [4.69, 9.17) is 14.6 Å². The van der Waals surface area contributed by atoms with Crippen molar-refractivity contribution in [2.75, 3.05) is 6.61 Å². The van der Waals surface area contributed by atoms with Crippen LogP contribution in [-0.2, 0) is 14.3 Å². The zero-order chi connectivity index (χ0) is 18.1. The molecule has 0 aromatic heterocycles. The molecule has 0 bridgehead atoms. The van der Waals surface area contributed by atoms with Crippen LogP contribution in [0.1, 0.15) is 40.0 Å². The minimum absolute atomic E-state index is 0.0478. The molecular formula is C17H28O7. The molecule has 0 spiro atoms. The largest absolute Gasteiger partial charge is 0.478 e. The number of aliphatic hydroxyl groups is 3. The van der Waals surface area contributed by atoms with Crippen LogP contribution >= 0.6 is 0 Å². The number of carboxylic acids is 1. The molecule has 2 aliphatic rings. The number of aliphatic hydroxyl groups excluding tert-OH is 3. The summed E-state index contributed by atoms with van der Waals surface area (Å²) in [4.78, 5) is 10.9. The van der Waals surface area contributed by atoms with E-state index in [-0.39, 0.29) is 24.5 Å². The molecule has 138 valence electrons. The Labute approximate surface area is 141 Å². The maximum Gasteiger partial charge on any atom is 0.328 e. The smallest absolute Gasteiger partial charge is 0.328 e. The van der Waals surface area contributed by atoms with Crippen molar-refractivity contribution in [3.05, 3.63) is 11.6 Å². The molecule has 7 nitrogen and oxygen atoms in total. The molecule has 2 aliphatic heterocycles. The van der Waals surface area contributed by atoms with Gasteiger partial charge in [0.25, 0.3) is 0 Å². The molecule has 3 unspecified atom stereocenters. The molecule has 0 saturated carbocycles. The molecule has 2 heterocycles. The highest BCUT2D eigenvalue weighted by molar-refractivity contribution is 5.80. The van der Waals surface area contributed by atoms with Crippen molar-refractivity contribution in [1.82, 2.24) is 0 Å². The Morgan fingerprint density at radius 3 is 2.62 bits per heavy atom. The number of aliphatic carboxylic acids is 1. The van der Waals surface area contributed by atoms with Crippen molar-refractivity contribution in [2.24, 2.45) is 5.92 Å². The monoisotopic (exact) mass is 344 g/mol. The Hall–Kier alpha value is -0.990. The Kier molecular flexibility index (Phi) is 6.04. The number of ether oxygens (including phenoxy) is 2. The second-order valence-corrected chi connectivity index (χ2v) is 7.16. The first-order valence-electron chi connectivity index (χ1n) is 8.40. The van der Waals surface area contributed by atoms with Crippen LogP contribution < -0.4 is 0 Å². The normalized spacial score (nSPS) is 39.3. The van der Waals surface area contributed by atoms with Crippen molar-refractivity contribution < 1.29 is 34.7 Å². The van der Waals surface area contributed by atoms with Crippen LogP contribution in [0.4, 0.5) is 0 Å². The fraction of sp³-hybridized carbons (Fsp3) is 0.824. The van der Waals surface area contributed by atoms with E-state index in [1.807, 2.05) is 6.92 Å². The first-order chi connectivity index (χ1) is 11.2. The van der Waals surface area contributed by atoms with Gasteiger partial charge in [0.2, 0.25) is 0 Å².